The number of ketones is 1. The average molecular weight is 445 g/mol. The van der Waals surface area contributed by atoms with Gasteiger partial charge in [-0.3, -0.25) is 9.59 Å². The molecule has 9 atom stereocenters. The third-order valence-corrected chi connectivity index (χ3v) is 11.0. The summed E-state index contributed by atoms with van der Waals surface area (Å²) in [5.41, 5.74) is 0.627. The fraction of sp³-hybridized carbons (Fsp3) is 0.931. The molecule has 0 saturated heterocycles. The molecule has 3 heteroatoms. The molecule has 5 unspecified atom stereocenters. The zero-order chi connectivity index (χ0) is 23.3. The average Bonchev–Trinajstić information content (AvgIpc) is 3.05. The Morgan fingerprint density at radius 3 is 2.44 bits per heavy atom. The summed E-state index contributed by atoms with van der Waals surface area (Å²) in [6.45, 7) is 13.8. The molecule has 0 aromatic carbocycles. The van der Waals surface area contributed by atoms with Crippen molar-refractivity contribution >= 4 is 11.8 Å². The molecule has 182 valence electrons. The predicted molar refractivity (Wildman–Crippen MR) is 129 cm³/mol. The molecular weight excluding hydrogens is 396 g/mol. The van der Waals surface area contributed by atoms with Crippen molar-refractivity contribution in [1.82, 2.24) is 0 Å². The highest BCUT2D eigenvalue weighted by Crippen LogP contribution is 2.68. The molecule has 4 aliphatic rings. The minimum atomic E-state index is -0.136. The number of carbonyl (C=O) groups is 2. The lowest BCUT2D eigenvalue weighted by Gasteiger charge is -2.62. The summed E-state index contributed by atoms with van der Waals surface area (Å²) >= 11 is 0. The van der Waals surface area contributed by atoms with E-state index in [-0.39, 0.29) is 17.5 Å². The van der Waals surface area contributed by atoms with Gasteiger partial charge in [-0.05, 0) is 84.9 Å². The maximum Gasteiger partial charge on any atom is 0.302 e. The molecule has 3 nitrogen and oxygen atoms in total. The molecule has 0 aliphatic heterocycles. The van der Waals surface area contributed by atoms with Crippen molar-refractivity contribution in [1.29, 1.82) is 0 Å². The second-order valence-electron chi connectivity index (χ2n) is 13.1. The summed E-state index contributed by atoms with van der Waals surface area (Å²) in [5, 5.41) is 0. The van der Waals surface area contributed by atoms with Gasteiger partial charge in [-0.1, -0.05) is 53.9 Å². The van der Waals surface area contributed by atoms with E-state index in [9.17, 15) is 9.59 Å². The standard InChI is InChI=1S/C29H48O3/c1-18(2)8-7-9-19(3)23-10-11-24-27-25(13-15-29(23,24)6)28(5)14-12-22(31)16-21(28)17-26(27)32-20(4)30/h18-19,21,23-27H,7-17H2,1-6H3/t19?,21-,23-,24?,25?,26?,27?,28+,29-/m1/s1. The second-order valence-corrected chi connectivity index (χ2v) is 13.1. The van der Waals surface area contributed by atoms with E-state index >= 15 is 0 Å². The lowest BCUT2D eigenvalue weighted by atomic mass is 9.43. The smallest absolute Gasteiger partial charge is 0.302 e. The van der Waals surface area contributed by atoms with E-state index in [4.69, 9.17) is 4.74 Å². The van der Waals surface area contributed by atoms with Gasteiger partial charge >= 0.3 is 5.97 Å². The van der Waals surface area contributed by atoms with Crippen LogP contribution < -0.4 is 0 Å². The highest BCUT2D eigenvalue weighted by molar-refractivity contribution is 5.79. The van der Waals surface area contributed by atoms with Gasteiger partial charge in [-0.25, -0.2) is 0 Å². The SMILES string of the molecule is CC(=O)OC1C[C@H]2CC(=O)CC[C@]2(C)C2CC[C@@]3(C)C(CC[C@@H]3C(C)CCCC(C)C)C12. The van der Waals surface area contributed by atoms with Crippen LogP contribution in [0.2, 0.25) is 0 Å². The summed E-state index contributed by atoms with van der Waals surface area (Å²) in [6, 6.07) is 0. The highest BCUT2D eigenvalue weighted by Gasteiger charge is 2.63. The number of hydrogen-bond acceptors (Lipinski definition) is 3. The van der Waals surface area contributed by atoms with Crippen LogP contribution in [0.4, 0.5) is 0 Å². The van der Waals surface area contributed by atoms with Gasteiger partial charge in [0.1, 0.15) is 11.9 Å². The zero-order valence-corrected chi connectivity index (χ0v) is 21.6. The Balaban J connectivity index is 1.58. The molecule has 0 heterocycles. The summed E-state index contributed by atoms with van der Waals surface area (Å²) in [6.07, 6.45) is 12.7. The third-order valence-electron chi connectivity index (χ3n) is 11.0. The van der Waals surface area contributed by atoms with Gasteiger partial charge in [0.15, 0.2) is 0 Å². The van der Waals surface area contributed by atoms with Gasteiger partial charge in [0, 0.05) is 25.7 Å². The van der Waals surface area contributed by atoms with Crippen LogP contribution in [0.3, 0.4) is 0 Å². The van der Waals surface area contributed by atoms with E-state index in [1.54, 1.807) is 6.92 Å². The van der Waals surface area contributed by atoms with E-state index in [1.807, 2.05) is 0 Å². The minimum Gasteiger partial charge on any atom is -0.462 e. The summed E-state index contributed by atoms with van der Waals surface area (Å²) in [5.74, 6) is 4.82. The number of Topliss-reactive ketones (excluding diaryl/α,β-unsaturated/α-hetero) is 1. The molecular formula is C29H48O3. The van der Waals surface area contributed by atoms with E-state index in [2.05, 4.69) is 34.6 Å². The topological polar surface area (TPSA) is 43.4 Å². The highest BCUT2D eigenvalue weighted by atomic mass is 16.5. The van der Waals surface area contributed by atoms with Crippen LogP contribution in [-0.4, -0.2) is 17.9 Å². The number of fused-ring (bicyclic) bond motifs is 5. The van der Waals surface area contributed by atoms with Crippen LogP contribution in [-0.2, 0) is 14.3 Å². The number of hydrogen-bond donors (Lipinski definition) is 0. The van der Waals surface area contributed by atoms with Gasteiger partial charge in [0.25, 0.3) is 0 Å². The maximum absolute atomic E-state index is 12.3. The van der Waals surface area contributed by atoms with E-state index < -0.39 is 0 Å². The predicted octanol–water partition coefficient (Wildman–Crippen LogP) is 7.22. The molecule has 4 saturated carbocycles. The number of esters is 1. The summed E-state index contributed by atoms with van der Waals surface area (Å²) < 4.78 is 6.08. The minimum absolute atomic E-state index is 0.0149. The van der Waals surface area contributed by atoms with Crippen molar-refractivity contribution in [3.8, 4) is 0 Å². The molecule has 0 radical (unpaired) electrons. The Morgan fingerprint density at radius 1 is 1.03 bits per heavy atom. The van der Waals surface area contributed by atoms with Crippen LogP contribution in [0.5, 0.6) is 0 Å². The number of ether oxygens (including phenoxy) is 1. The lowest BCUT2D eigenvalue weighted by molar-refractivity contribution is -0.189. The number of carbonyl (C=O) groups excluding carboxylic acids is 2. The van der Waals surface area contributed by atoms with Crippen LogP contribution in [0.15, 0.2) is 0 Å². The van der Waals surface area contributed by atoms with Gasteiger partial charge in [-0.2, -0.15) is 0 Å². The van der Waals surface area contributed by atoms with Crippen LogP contribution in [0.25, 0.3) is 0 Å². The fourth-order valence-corrected chi connectivity index (χ4v) is 9.35. The second kappa shape index (κ2) is 9.06. The van der Waals surface area contributed by atoms with Gasteiger partial charge in [-0.15, -0.1) is 0 Å². The summed E-state index contributed by atoms with van der Waals surface area (Å²) in [7, 11) is 0. The van der Waals surface area contributed by atoms with Gasteiger partial charge in [0.05, 0.1) is 0 Å². The van der Waals surface area contributed by atoms with Crippen molar-refractivity contribution in [3.63, 3.8) is 0 Å². The molecule has 0 N–H and O–H groups in total. The van der Waals surface area contributed by atoms with Gasteiger partial charge < -0.3 is 4.74 Å². The van der Waals surface area contributed by atoms with E-state index in [0.29, 0.717) is 41.3 Å². The molecule has 32 heavy (non-hydrogen) atoms. The Hall–Kier alpha value is -0.860. The van der Waals surface area contributed by atoms with Crippen molar-refractivity contribution in [2.75, 3.05) is 0 Å². The first-order valence-electron chi connectivity index (χ1n) is 13.7. The summed E-state index contributed by atoms with van der Waals surface area (Å²) in [4.78, 5) is 24.4. The van der Waals surface area contributed by atoms with Crippen molar-refractivity contribution in [2.45, 2.75) is 118 Å². The molecule has 4 rings (SSSR count). The van der Waals surface area contributed by atoms with Crippen molar-refractivity contribution < 1.29 is 14.3 Å². The first-order valence-corrected chi connectivity index (χ1v) is 13.7. The molecule has 4 aliphatic carbocycles. The molecule has 4 fully saturated rings. The lowest BCUT2D eigenvalue weighted by Crippen LogP contribution is -2.59. The Bertz CT molecular complexity index is 713. The monoisotopic (exact) mass is 444 g/mol. The third kappa shape index (κ3) is 4.20. The Kier molecular flexibility index (Phi) is 6.87. The Morgan fingerprint density at radius 2 is 1.75 bits per heavy atom. The van der Waals surface area contributed by atoms with Gasteiger partial charge in [0.2, 0.25) is 0 Å². The fourth-order valence-electron chi connectivity index (χ4n) is 9.35. The number of rotatable bonds is 6. The van der Waals surface area contributed by atoms with Crippen LogP contribution in [0, 0.1) is 52.3 Å². The van der Waals surface area contributed by atoms with Crippen LogP contribution in [0.1, 0.15) is 112 Å². The first kappa shape index (κ1) is 24.3. The molecule has 0 amide bonds. The quantitative estimate of drug-likeness (QED) is 0.406. The molecule has 0 bridgehead atoms. The van der Waals surface area contributed by atoms with E-state index in [0.717, 1.165) is 37.0 Å². The van der Waals surface area contributed by atoms with Crippen molar-refractivity contribution in [2.24, 2.45) is 52.3 Å². The molecule has 0 aromatic rings. The largest absolute Gasteiger partial charge is 0.462 e. The molecule has 0 spiro atoms. The van der Waals surface area contributed by atoms with Crippen LogP contribution >= 0.6 is 0 Å². The first-order chi connectivity index (χ1) is 15.1. The molecule has 0 aromatic heterocycles. The Labute approximate surface area is 196 Å². The normalized spacial score (nSPS) is 44.5. The van der Waals surface area contributed by atoms with E-state index in [1.165, 1.54) is 44.9 Å². The zero-order valence-electron chi connectivity index (χ0n) is 21.6. The maximum atomic E-state index is 12.3. The van der Waals surface area contributed by atoms with Crippen molar-refractivity contribution in [3.05, 3.63) is 0 Å².